The second kappa shape index (κ2) is 9.34. The molecule has 1 aliphatic carbocycles. The Hall–Kier alpha value is -3.80. The smallest absolute Gasteiger partial charge is 0.251 e. The first-order chi connectivity index (χ1) is 15.1. The molecule has 3 aromatic carbocycles. The van der Waals surface area contributed by atoms with E-state index in [1.165, 1.54) is 0 Å². The summed E-state index contributed by atoms with van der Waals surface area (Å²) in [7, 11) is 1.58. The summed E-state index contributed by atoms with van der Waals surface area (Å²) in [6.07, 6.45) is 2.06. The first-order valence-electron chi connectivity index (χ1n) is 10.3. The van der Waals surface area contributed by atoms with E-state index in [-0.39, 0.29) is 17.9 Å². The predicted molar refractivity (Wildman–Crippen MR) is 121 cm³/mol. The number of carbonyl (C=O) groups excluding carboxylic acids is 2. The molecule has 6 nitrogen and oxygen atoms in total. The molecule has 1 atom stereocenters. The topological polar surface area (TPSA) is 79.5 Å². The lowest BCUT2D eigenvalue weighted by atomic mass is 10.0. The van der Waals surface area contributed by atoms with Crippen LogP contribution in [0.5, 0.6) is 5.75 Å². The summed E-state index contributed by atoms with van der Waals surface area (Å²) in [6.45, 7) is 0. The van der Waals surface area contributed by atoms with Crippen LogP contribution in [0.2, 0.25) is 0 Å². The highest BCUT2D eigenvalue weighted by Crippen LogP contribution is 2.24. The summed E-state index contributed by atoms with van der Waals surface area (Å²) < 4.78 is 5.24. The number of rotatable bonds is 8. The molecule has 4 rings (SSSR count). The monoisotopic (exact) mass is 415 g/mol. The minimum absolute atomic E-state index is 0.0942. The first kappa shape index (κ1) is 20.5. The quantitative estimate of drug-likeness (QED) is 0.510. The average Bonchev–Trinajstić information content (AvgIpc) is 3.62. The molecule has 0 bridgehead atoms. The zero-order valence-corrected chi connectivity index (χ0v) is 17.3. The maximum atomic E-state index is 13.2. The van der Waals surface area contributed by atoms with Crippen molar-refractivity contribution in [1.29, 1.82) is 0 Å². The highest BCUT2D eigenvalue weighted by Gasteiger charge is 2.24. The number of ether oxygens (including phenoxy) is 1. The maximum absolute atomic E-state index is 13.2. The van der Waals surface area contributed by atoms with Crippen molar-refractivity contribution in [3.8, 4) is 5.75 Å². The van der Waals surface area contributed by atoms with Gasteiger partial charge in [-0.25, -0.2) is 0 Å². The minimum atomic E-state index is -0.644. The van der Waals surface area contributed by atoms with Gasteiger partial charge in [0.15, 0.2) is 0 Å². The molecular weight excluding hydrogens is 390 g/mol. The molecule has 0 aliphatic heterocycles. The third-order valence-corrected chi connectivity index (χ3v) is 5.08. The third-order valence-electron chi connectivity index (χ3n) is 5.08. The zero-order valence-electron chi connectivity index (χ0n) is 17.3. The summed E-state index contributed by atoms with van der Waals surface area (Å²) >= 11 is 0. The predicted octanol–water partition coefficient (Wildman–Crippen LogP) is 4.38. The molecule has 1 saturated carbocycles. The van der Waals surface area contributed by atoms with Crippen LogP contribution >= 0.6 is 0 Å². The van der Waals surface area contributed by atoms with Gasteiger partial charge in [0.1, 0.15) is 11.8 Å². The van der Waals surface area contributed by atoms with Crippen LogP contribution in [0.4, 0.5) is 11.4 Å². The number of hydrogen-bond donors (Lipinski definition) is 3. The van der Waals surface area contributed by atoms with Crippen LogP contribution in [0.25, 0.3) is 0 Å². The molecule has 0 aromatic heterocycles. The van der Waals surface area contributed by atoms with Crippen molar-refractivity contribution < 1.29 is 14.3 Å². The highest BCUT2D eigenvalue weighted by molar-refractivity contribution is 5.98. The van der Waals surface area contributed by atoms with E-state index in [1.54, 1.807) is 25.3 Å². The molecule has 0 spiro atoms. The van der Waals surface area contributed by atoms with Crippen molar-refractivity contribution in [1.82, 2.24) is 5.32 Å². The number of amides is 2. The Morgan fingerprint density at radius 1 is 0.903 bits per heavy atom. The summed E-state index contributed by atoms with van der Waals surface area (Å²) in [6, 6.07) is 23.5. The van der Waals surface area contributed by atoms with Crippen LogP contribution in [-0.4, -0.2) is 25.0 Å². The molecule has 0 radical (unpaired) electrons. The lowest BCUT2D eigenvalue weighted by Gasteiger charge is -2.20. The van der Waals surface area contributed by atoms with Gasteiger partial charge in [-0.3, -0.25) is 9.59 Å². The van der Waals surface area contributed by atoms with Crippen molar-refractivity contribution >= 4 is 23.2 Å². The minimum Gasteiger partial charge on any atom is -0.497 e. The van der Waals surface area contributed by atoms with Gasteiger partial charge in [0.2, 0.25) is 0 Å². The fraction of sp³-hybridized carbons (Fsp3) is 0.200. The van der Waals surface area contributed by atoms with Crippen molar-refractivity contribution in [2.45, 2.75) is 24.9 Å². The molecule has 0 heterocycles. The Balaban J connectivity index is 1.55. The number of methoxy groups -OCH3 is 1. The molecule has 1 aliphatic rings. The third kappa shape index (κ3) is 5.42. The van der Waals surface area contributed by atoms with Crippen LogP contribution < -0.4 is 20.7 Å². The molecule has 6 heteroatoms. The fourth-order valence-corrected chi connectivity index (χ4v) is 3.27. The van der Waals surface area contributed by atoms with E-state index < -0.39 is 6.04 Å². The van der Waals surface area contributed by atoms with Crippen molar-refractivity contribution in [3.05, 3.63) is 90.0 Å². The summed E-state index contributed by atoms with van der Waals surface area (Å²) in [5.41, 5.74) is 2.72. The Kier molecular flexibility index (Phi) is 6.17. The van der Waals surface area contributed by atoms with Gasteiger partial charge >= 0.3 is 0 Å². The number of anilines is 2. The lowest BCUT2D eigenvalue weighted by molar-refractivity contribution is -0.117. The largest absolute Gasteiger partial charge is 0.497 e. The first-order valence-corrected chi connectivity index (χ1v) is 10.3. The molecule has 1 fully saturated rings. The molecule has 1 unspecified atom stereocenters. The van der Waals surface area contributed by atoms with Crippen LogP contribution in [0.15, 0.2) is 78.9 Å². The van der Waals surface area contributed by atoms with E-state index in [0.717, 1.165) is 18.4 Å². The van der Waals surface area contributed by atoms with Crippen LogP contribution in [0.1, 0.15) is 34.8 Å². The fourth-order valence-electron chi connectivity index (χ4n) is 3.27. The normalized spacial score (nSPS) is 13.7. The van der Waals surface area contributed by atoms with Crippen molar-refractivity contribution in [3.63, 3.8) is 0 Å². The van der Waals surface area contributed by atoms with Gasteiger partial charge in [0.05, 0.1) is 7.11 Å². The Labute approximate surface area is 181 Å². The van der Waals surface area contributed by atoms with Gasteiger partial charge in [-0.2, -0.15) is 0 Å². The maximum Gasteiger partial charge on any atom is 0.251 e. The summed E-state index contributed by atoms with van der Waals surface area (Å²) in [5, 5.41) is 9.22. The van der Waals surface area contributed by atoms with Crippen molar-refractivity contribution in [2.24, 2.45) is 0 Å². The number of nitrogens with one attached hydrogen (secondary N) is 3. The molecule has 158 valence electrons. The number of benzene rings is 3. The van der Waals surface area contributed by atoms with Crippen LogP contribution in [0, 0.1) is 0 Å². The van der Waals surface area contributed by atoms with Crippen LogP contribution in [-0.2, 0) is 4.79 Å². The standard InChI is InChI=1S/C25H25N3O3/c1-31-22-12-6-11-21(16-22)28-25(30)23(17-7-3-2-4-8-17)26-20-10-5-9-18(15-20)24(29)27-19-13-14-19/h2-12,15-16,19,23,26H,13-14H2,1H3,(H,27,29)(H,28,30). The summed E-state index contributed by atoms with van der Waals surface area (Å²) in [4.78, 5) is 25.6. The molecule has 2 amide bonds. The Morgan fingerprint density at radius 2 is 1.65 bits per heavy atom. The Bertz CT molecular complexity index is 1060. The molecule has 31 heavy (non-hydrogen) atoms. The SMILES string of the molecule is COc1cccc(NC(=O)C(Nc2cccc(C(=O)NC3CC3)c2)c2ccccc2)c1. The van der Waals surface area contributed by atoms with Gasteiger partial charge in [-0.05, 0) is 48.7 Å². The van der Waals surface area contributed by atoms with Gasteiger partial charge < -0.3 is 20.7 Å². The summed E-state index contributed by atoms with van der Waals surface area (Å²) in [5.74, 6) is 0.354. The van der Waals surface area contributed by atoms with Crippen molar-refractivity contribution in [2.75, 3.05) is 17.7 Å². The highest BCUT2D eigenvalue weighted by atomic mass is 16.5. The lowest BCUT2D eigenvalue weighted by Crippen LogP contribution is -2.28. The molecule has 0 saturated heterocycles. The van der Waals surface area contributed by atoms with E-state index in [2.05, 4.69) is 16.0 Å². The van der Waals surface area contributed by atoms with E-state index in [9.17, 15) is 9.59 Å². The Morgan fingerprint density at radius 3 is 2.39 bits per heavy atom. The van der Waals surface area contributed by atoms with E-state index in [1.807, 2.05) is 60.7 Å². The van der Waals surface area contributed by atoms with Crippen LogP contribution in [0.3, 0.4) is 0 Å². The second-order valence-electron chi connectivity index (χ2n) is 7.54. The van der Waals surface area contributed by atoms with E-state index in [0.29, 0.717) is 22.7 Å². The molecule has 3 N–H and O–H groups in total. The second-order valence-corrected chi connectivity index (χ2v) is 7.54. The zero-order chi connectivity index (χ0) is 21.6. The van der Waals surface area contributed by atoms with Gasteiger partial charge in [-0.1, -0.05) is 42.5 Å². The van der Waals surface area contributed by atoms with E-state index >= 15 is 0 Å². The van der Waals surface area contributed by atoms with Gasteiger partial charge in [0, 0.05) is 29.0 Å². The van der Waals surface area contributed by atoms with Gasteiger partial charge in [0.25, 0.3) is 11.8 Å². The number of hydrogen-bond acceptors (Lipinski definition) is 4. The average molecular weight is 415 g/mol. The van der Waals surface area contributed by atoms with E-state index in [4.69, 9.17) is 4.74 Å². The molecule has 3 aromatic rings. The van der Waals surface area contributed by atoms with Gasteiger partial charge in [-0.15, -0.1) is 0 Å². The number of carbonyl (C=O) groups is 2. The molecular formula is C25H25N3O3.